The number of carbonyl (C=O) groups excluding carboxylic acids is 3. The number of amides is 2. The molecule has 0 saturated heterocycles. The molecule has 0 unspecified atom stereocenters. The summed E-state index contributed by atoms with van der Waals surface area (Å²) in [4.78, 5) is 47.4. The van der Waals surface area contributed by atoms with Crippen molar-refractivity contribution in [3.63, 3.8) is 0 Å². The quantitative estimate of drug-likeness (QED) is 0.508. The number of rotatable bonds is 11. The highest BCUT2D eigenvalue weighted by atomic mass is 16.5. The number of hydrogen-bond donors (Lipinski definition) is 3. The monoisotopic (exact) mass is 425 g/mol. The molecule has 8 nitrogen and oxygen atoms in total. The molecule has 0 aliphatic carbocycles. The van der Waals surface area contributed by atoms with Gasteiger partial charge in [-0.15, -0.1) is 0 Å². The Kier molecular flexibility index (Phi) is 8.75. The molecule has 2 rings (SSSR count). The van der Waals surface area contributed by atoms with Gasteiger partial charge in [0.05, 0.1) is 6.04 Å². The summed E-state index contributed by atoms with van der Waals surface area (Å²) >= 11 is 0. The zero-order valence-corrected chi connectivity index (χ0v) is 17.2. The van der Waals surface area contributed by atoms with Gasteiger partial charge in [-0.25, -0.2) is 9.59 Å². The van der Waals surface area contributed by atoms with E-state index < -0.39 is 29.6 Å². The average molecular weight is 425 g/mol. The molecule has 0 aromatic heterocycles. The van der Waals surface area contributed by atoms with Crippen LogP contribution in [-0.4, -0.2) is 40.9 Å². The van der Waals surface area contributed by atoms with Gasteiger partial charge in [0.1, 0.15) is 12.1 Å². The first kappa shape index (κ1) is 23.6. The highest BCUT2D eigenvalue weighted by Crippen LogP contribution is 2.21. The lowest BCUT2D eigenvalue weighted by atomic mass is 9.86. The van der Waals surface area contributed by atoms with Crippen LogP contribution in [0.2, 0.25) is 0 Å². The van der Waals surface area contributed by atoms with Crippen molar-refractivity contribution >= 4 is 24.3 Å². The second-order valence-corrected chi connectivity index (χ2v) is 7.14. The lowest BCUT2D eigenvalue weighted by Gasteiger charge is -2.30. The van der Waals surface area contributed by atoms with E-state index in [0.29, 0.717) is 5.56 Å². The summed E-state index contributed by atoms with van der Waals surface area (Å²) in [5.41, 5.74) is -0.357. The second-order valence-electron chi connectivity index (χ2n) is 7.14. The van der Waals surface area contributed by atoms with Crippen LogP contribution in [0.5, 0.6) is 0 Å². The molecule has 0 spiro atoms. The van der Waals surface area contributed by atoms with Crippen molar-refractivity contribution in [2.24, 2.45) is 0 Å². The highest BCUT2D eigenvalue weighted by Gasteiger charge is 2.41. The molecule has 2 aromatic rings. The van der Waals surface area contributed by atoms with E-state index in [9.17, 15) is 24.3 Å². The molecule has 3 N–H and O–H groups in total. The minimum atomic E-state index is -1.78. The molecule has 8 heteroatoms. The third kappa shape index (κ3) is 7.58. The first-order chi connectivity index (χ1) is 14.8. The summed E-state index contributed by atoms with van der Waals surface area (Å²) < 4.78 is 5.19. The van der Waals surface area contributed by atoms with Crippen molar-refractivity contribution in [3.05, 3.63) is 71.8 Å². The number of benzene rings is 2. The predicted molar refractivity (Wildman–Crippen MR) is 113 cm³/mol. The van der Waals surface area contributed by atoms with Crippen LogP contribution in [0.1, 0.15) is 30.9 Å². The van der Waals surface area contributed by atoms with Crippen LogP contribution in [0.15, 0.2) is 60.7 Å². The number of ether oxygens (including phenoxy) is 1. The van der Waals surface area contributed by atoms with Crippen LogP contribution in [0.4, 0.5) is 4.79 Å². The van der Waals surface area contributed by atoms with Crippen molar-refractivity contribution in [2.45, 2.75) is 44.4 Å². The number of carboxylic acids is 1. The van der Waals surface area contributed by atoms with E-state index in [1.807, 2.05) is 6.07 Å². The standard InChI is InChI=1S/C23H25N2O6/c1-17(15-26)24-20(27)12-13-23(21(28)29,14-18-8-4-2-5-9-18)25-22(30)31-16-19-10-6-3-7-11-19/h2-11,17H,12-14,16H2,1H3,(H,24,27)(H,25,30)(H,28,29)/t17-,23+/m1/s1. The largest absolute Gasteiger partial charge is 0.479 e. The summed E-state index contributed by atoms with van der Waals surface area (Å²) in [5.74, 6) is -1.81. The fraction of sp³-hybridized carbons (Fsp3) is 0.304. The fourth-order valence-electron chi connectivity index (χ4n) is 3.00. The van der Waals surface area contributed by atoms with Crippen molar-refractivity contribution in [1.29, 1.82) is 0 Å². The Morgan fingerprint density at radius 1 is 1.03 bits per heavy atom. The Bertz CT molecular complexity index is 887. The van der Waals surface area contributed by atoms with Gasteiger partial charge >= 0.3 is 12.1 Å². The summed E-state index contributed by atoms with van der Waals surface area (Å²) in [6.45, 7) is 1.43. The Hall–Kier alpha value is -3.68. The van der Waals surface area contributed by atoms with Crippen molar-refractivity contribution in [1.82, 2.24) is 10.6 Å². The molecular formula is C23H25N2O6. The molecule has 0 aliphatic heterocycles. The molecule has 0 bridgehead atoms. The van der Waals surface area contributed by atoms with Crippen molar-refractivity contribution in [3.8, 4) is 0 Å². The topological polar surface area (TPSA) is 122 Å². The molecule has 31 heavy (non-hydrogen) atoms. The third-order valence-corrected chi connectivity index (χ3v) is 4.65. The van der Waals surface area contributed by atoms with Crippen LogP contribution in [0, 0.1) is 0 Å². The van der Waals surface area contributed by atoms with Crippen molar-refractivity contribution < 1.29 is 29.0 Å². The fourth-order valence-corrected chi connectivity index (χ4v) is 3.00. The Morgan fingerprint density at radius 3 is 2.16 bits per heavy atom. The molecule has 0 saturated carbocycles. The number of carboxylic acid groups (broad SMARTS) is 1. The minimum absolute atomic E-state index is 0.0269. The molecular weight excluding hydrogens is 400 g/mol. The zero-order valence-electron chi connectivity index (χ0n) is 17.2. The lowest BCUT2D eigenvalue weighted by molar-refractivity contribution is -0.145. The number of nitrogens with one attached hydrogen (secondary N) is 2. The van der Waals surface area contributed by atoms with Gasteiger partial charge in [0, 0.05) is 12.8 Å². The minimum Gasteiger partial charge on any atom is -0.479 e. The van der Waals surface area contributed by atoms with Gasteiger partial charge in [0.25, 0.3) is 0 Å². The summed E-state index contributed by atoms with van der Waals surface area (Å²) in [6, 6.07) is 16.9. The normalized spacial score (nSPS) is 13.3. The molecule has 2 aromatic carbocycles. The molecule has 0 heterocycles. The lowest BCUT2D eigenvalue weighted by Crippen LogP contribution is -2.56. The molecule has 0 fully saturated rings. The maximum atomic E-state index is 12.4. The van der Waals surface area contributed by atoms with Crippen LogP contribution >= 0.6 is 0 Å². The van der Waals surface area contributed by atoms with E-state index >= 15 is 0 Å². The van der Waals surface area contributed by atoms with Gasteiger partial charge in [-0.3, -0.25) is 9.59 Å². The number of aliphatic carboxylic acids is 1. The first-order valence-corrected chi connectivity index (χ1v) is 9.78. The Labute approximate surface area is 180 Å². The number of hydrogen-bond acceptors (Lipinski definition) is 5. The molecule has 2 atom stereocenters. The second kappa shape index (κ2) is 11.5. The number of carbonyl (C=O) groups is 3. The van der Waals surface area contributed by atoms with Gasteiger partial charge < -0.3 is 20.5 Å². The SMILES string of the molecule is C[C@H]([C]=O)NC(=O)CC[C@@](Cc1ccccc1)(NC(=O)OCc1ccccc1)C(=O)O. The highest BCUT2D eigenvalue weighted by molar-refractivity contribution is 5.86. The van der Waals surface area contributed by atoms with E-state index in [-0.39, 0.29) is 25.9 Å². The maximum absolute atomic E-state index is 12.4. The summed E-state index contributed by atoms with van der Waals surface area (Å²) in [7, 11) is 0. The molecule has 2 amide bonds. The van der Waals surface area contributed by atoms with Gasteiger partial charge in [-0.2, -0.15) is 0 Å². The number of alkyl carbamates (subject to hydrolysis) is 1. The van der Waals surface area contributed by atoms with Crippen molar-refractivity contribution in [2.75, 3.05) is 0 Å². The zero-order chi connectivity index (χ0) is 22.7. The maximum Gasteiger partial charge on any atom is 0.408 e. The summed E-state index contributed by atoms with van der Waals surface area (Å²) in [5, 5.41) is 14.9. The van der Waals surface area contributed by atoms with E-state index in [1.54, 1.807) is 60.9 Å². The van der Waals surface area contributed by atoms with E-state index in [0.717, 1.165) is 5.56 Å². The summed E-state index contributed by atoms with van der Waals surface area (Å²) in [6.07, 6.45) is 0.260. The molecule has 0 aliphatic rings. The smallest absolute Gasteiger partial charge is 0.408 e. The van der Waals surface area contributed by atoms with Gasteiger partial charge in [0.2, 0.25) is 12.2 Å². The Balaban J connectivity index is 2.15. The van der Waals surface area contributed by atoms with Gasteiger partial charge in [0.15, 0.2) is 0 Å². The van der Waals surface area contributed by atoms with E-state index in [1.165, 1.54) is 6.92 Å². The first-order valence-electron chi connectivity index (χ1n) is 9.78. The van der Waals surface area contributed by atoms with Crippen LogP contribution in [0.25, 0.3) is 0 Å². The van der Waals surface area contributed by atoms with Crippen LogP contribution < -0.4 is 10.6 Å². The van der Waals surface area contributed by atoms with Crippen LogP contribution in [-0.2, 0) is 32.1 Å². The molecule has 163 valence electrons. The van der Waals surface area contributed by atoms with Gasteiger partial charge in [-0.05, 0) is 24.5 Å². The van der Waals surface area contributed by atoms with Gasteiger partial charge in [-0.1, -0.05) is 60.7 Å². The van der Waals surface area contributed by atoms with E-state index in [4.69, 9.17) is 4.74 Å². The molecule has 1 radical (unpaired) electrons. The average Bonchev–Trinajstić information content (AvgIpc) is 2.77. The van der Waals surface area contributed by atoms with E-state index in [2.05, 4.69) is 10.6 Å². The Morgan fingerprint density at radius 2 is 1.61 bits per heavy atom. The predicted octanol–water partition coefficient (Wildman–Crippen LogP) is 2.37. The third-order valence-electron chi connectivity index (χ3n) is 4.65. The van der Waals surface area contributed by atoms with Crippen LogP contribution in [0.3, 0.4) is 0 Å².